The van der Waals surface area contributed by atoms with Crippen molar-refractivity contribution in [1.29, 1.82) is 0 Å². The second-order valence-electron chi connectivity index (χ2n) is 11.2. The molecule has 8 nitrogen and oxygen atoms in total. The van der Waals surface area contributed by atoms with Crippen LogP contribution in [-0.4, -0.2) is 20.4 Å². The van der Waals surface area contributed by atoms with Gasteiger partial charge in [-0.2, -0.15) is 10.2 Å². The first-order chi connectivity index (χ1) is 23.6. The maximum atomic E-state index is 12.1. The van der Waals surface area contributed by atoms with Gasteiger partial charge in [-0.05, 0) is 96.1 Å². The van der Waals surface area contributed by atoms with Gasteiger partial charge < -0.3 is 9.47 Å². The Bertz CT molecular complexity index is 2340. The van der Waals surface area contributed by atoms with Crippen LogP contribution >= 0.6 is 0 Å². The number of nitrogens with one attached hydrogen (secondary N) is 2. The lowest BCUT2D eigenvalue weighted by Gasteiger charge is -2.10. The minimum atomic E-state index is -0.207. The van der Waals surface area contributed by atoms with Gasteiger partial charge in [-0.25, -0.2) is 10.2 Å². The average molecular weight is 627 g/mol. The fourth-order valence-electron chi connectivity index (χ4n) is 5.73. The van der Waals surface area contributed by atoms with Crippen molar-refractivity contribution >= 4 is 21.5 Å². The van der Waals surface area contributed by atoms with E-state index >= 15 is 0 Å². The highest BCUT2D eigenvalue weighted by atomic mass is 16.5. The molecule has 0 bridgehead atoms. The molecule has 48 heavy (non-hydrogen) atoms. The predicted molar refractivity (Wildman–Crippen MR) is 188 cm³/mol. The largest absolute Gasteiger partial charge is 0.457 e. The molecule has 0 fully saturated rings. The number of hydrogen-bond donors (Lipinski definition) is 2. The van der Waals surface area contributed by atoms with Crippen LogP contribution in [0.1, 0.15) is 0 Å². The van der Waals surface area contributed by atoms with E-state index in [-0.39, 0.29) is 11.1 Å². The Kier molecular flexibility index (Phi) is 7.28. The van der Waals surface area contributed by atoms with Crippen LogP contribution in [0.25, 0.3) is 55.2 Å². The first-order valence-electron chi connectivity index (χ1n) is 15.3. The summed E-state index contributed by atoms with van der Waals surface area (Å²) < 4.78 is 12.2. The first-order valence-corrected chi connectivity index (χ1v) is 15.3. The lowest BCUT2D eigenvalue weighted by atomic mass is 10.0. The number of rotatable bonds is 7. The summed E-state index contributed by atoms with van der Waals surface area (Å²) in [5.74, 6) is 2.82. The summed E-state index contributed by atoms with van der Waals surface area (Å²) in [7, 11) is 0. The monoisotopic (exact) mass is 626 g/mol. The Morgan fingerprint density at radius 2 is 0.646 bits per heavy atom. The molecule has 230 valence electrons. The average Bonchev–Trinajstić information content (AvgIpc) is 3.14. The Hall–Kier alpha value is -6.80. The summed E-state index contributed by atoms with van der Waals surface area (Å²) in [4.78, 5) is 24.3. The normalized spacial score (nSPS) is 11.1. The number of aromatic amines is 2. The summed E-state index contributed by atoms with van der Waals surface area (Å²) in [6.07, 6.45) is 0. The number of H-pyrrole nitrogens is 2. The van der Waals surface area contributed by atoms with E-state index in [1.54, 1.807) is 12.1 Å². The van der Waals surface area contributed by atoms with Crippen molar-refractivity contribution in [2.24, 2.45) is 0 Å². The molecule has 8 rings (SSSR count). The highest BCUT2D eigenvalue weighted by Crippen LogP contribution is 2.32. The molecule has 0 atom stereocenters. The first kappa shape index (κ1) is 28.7. The van der Waals surface area contributed by atoms with Crippen LogP contribution in [0.2, 0.25) is 0 Å². The van der Waals surface area contributed by atoms with Crippen molar-refractivity contribution in [1.82, 2.24) is 20.4 Å². The van der Waals surface area contributed by atoms with Crippen LogP contribution in [0.15, 0.2) is 155 Å². The van der Waals surface area contributed by atoms with Gasteiger partial charge in [0.2, 0.25) is 0 Å². The molecule has 2 aromatic heterocycles. The summed E-state index contributed by atoms with van der Waals surface area (Å²) >= 11 is 0. The summed E-state index contributed by atoms with van der Waals surface area (Å²) in [5, 5.41) is 16.5. The molecule has 0 saturated carbocycles. The second-order valence-corrected chi connectivity index (χ2v) is 11.2. The van der Waals surface area contributed by atoms with Crippen molar-refractivity contribution in [2.75, 3.05) is 0 Å². The molecule has 2 heterocycles. The van der Waals surface area contributed by atoms with E-state index in [1.807, 2.05) is 133 Å². The molecular formula is C40H26N4O4. The maximum Gasteiger partial charge on any atom is 0.272 e. The smallest absolute Gasteiger partial charge is 0.272 e. The number of nitrogens with zero attached hydrogens (tertiary/aromatic N) is 2. The van der Waals surface area contributed by atoms with Crippen LogP contribution < -0.4 is 20.6 Å². The molecule has 0 aliphatic rings. The van der Waals surface area contributed by atoms with Crippen molar-refractivity contribution < 1.29 is 9.47 Å². The molecule has 0 saturated heterocycles. The fraction of sp³-hybridized carbons (Fsp3) is 0. The van der Waals surface area contributed by atoms with Gasteiger partial charge in [0.05, 0.1) is 22.2 Å². The zero-order chi connectivity index (χ0) is 32.5. The summed E-state index contributed by atoms with van der Waals surface area (Å²) in [5.41, 5.74) is 4.86. The number of fused-ring (bicyclic) bond motifs is 2. The SMILES string of the molecule is O=c1[nH]nc(-c2ccc(Oc3ccc(-c4ccc(Oc5ccc(-c6n[nH]c(=O)c7ccccc67)cc5)cc4)cc3)cc2)c2ccccc12. The molecule has 8 aromatic rings. The van der Waals surface area contributed by atoms with Gasteiger partial charge in [-0.3, -0.25) is 9.59 Å². The van der Waals surface area contributed by atoms with Crippen LogP contribution in [-0.2, 0) is 0 Å². The number of ether oxygens (including phenoxy) is 2. The molecule has 0 radical (unpaired) electrons. The van der Waals surface area contributed by atoms with Gasteiger partial charge in [-0.15, -0.1) is 0 Å². The van der Waals surface area contributed by atoms with E-state index < -0.39 is 0 Å². The molecule has 8 heteroatoms. The Morgan fingerprint density at radius 3 is 0.979 bits per heavy atom. The maximum absolute atomic E-state index is 12.1. The van der Waals surface area contributed by atoms with Crippen molar-refractivity contribution in [3.8, 4) is 56.6 Å². The van der Waals surface area contributed by atoms with E-state index in [0.29, 0.717) is 45.2 Å². The Morgan fingerprint density at radius 1 is 0.354 bits per heavy atom. The zero-order valence-corrected chi connectivity index (χ0v) is 25.4. The van der Waals surface area contributed by atoms with Crippen LogP contribution in [0.5, 0.6) is 23.0 Å². The highest BCUT2D eigenvalue weighted by Gasteiger charge is 2.11. The zero-order valence-electron chi connectivity index (χ0n) is 25.4. The van der Waals surface area contributed by atoms with Crippen LogP contribution in [0.3, 0.4) is 0 Å². The third-order valence-corrected chi connectivity index (χ3v) is 8.16. The van der Waals surface area contributed by atoms with Crippen LogP contribution in [0.4, 0.5) is 0 Å². The lowest BCUT2D eigenvalue weighted by Crippen LogP contribution is -2.09. The summed E-state index contributed by atoms with van der Waals surface area (Å²) in [6.45, 7) is 0. The predicted octanol–water partition coefficient (Wildman–Crippen LogP) is 8.75. The van der Waals surface area contributed by atoms with E-state index in [1.165, 1.54) is 0 Å². The van der Waals surface area contributed by atoms with Gasteiger partial charge in [0.25, 0.3) is 11.1 Å². The minimum Gasteiger partial charge on any atom is -0.457 e. The number of benzene rings is 6. The molecule has 0 unspecified atom stereocenters. The highest BCUT2D eigenvalue weighted by molar-refractivity contribution is 5.94. The van der Waals surface area contributed by atoms with E-state index in [9.17, 15) is 9.59 Å². The van der Waals surface area contributed by atoms with E-state index in [2.05, 4.69) is 20.4 Å². The van der Waals surface area contributed by atoms with Gasteiger partial charge in [0.1, 0.15) is 23.0 Å². The molecule has 0 aliphatic heterocycles. The summed E-state index contributed by atoms with van der Waals surface area (Å²) in [6, 6.07) is 46.0. The third kappa shape index (κ3) is 5.59. The van der Waals surface area contributed by atoms with Crippen molar-refractivity contribution in [2.45, 2.75) is 0 Å². The molecule has 2 N–H and O–H groups in total. The topological polar surface area (TPSA) is 110 Å². The molecule has 0 spiro atoms. The van der Waals surface area contributed by atoms with Gasteiger partial charge in [0, 0.05) is 21.9 Å². The Labute approximate surface area is 273 Å². The van der Waals surface area contributed by atoms with Crippen LogP contribution in [0, 0.1) is 0 Å². The third-order valence-electron chi connectivity index (χ3n) is 8.16. The fourth-order valence-corrected chi connectivity index (χ4v) is 5.73. The number of hydrogen-bond acceptors (Lipinski definition) is 6. The van der Waals surface area contributed by atoms with E-state index in [4.69, 9.17) is 9.47 Å². The second kappa shape index (κ2) is 12.2. The molecule has 0 amide bonds. The standard InChI is InChI=1S/C40H26N4O4/c45-39-35-7-3-1-5-33(35)37(41-43-39)27-13-21-31(22-14-27)47-29-17-9-25(10-18-29)26-11-19-30(20-12-26)48-32-23-15-28(16-24-32)38-34-6-2-4-8-36(34)40(46)44-42-38/h1-24H,(H,43,45)(H,44,46). The molecular weight excluding hydrogens is 600 g/mol. The van der Waals surface area contributed by atoms with Gasteiger partial charge in [-0.1, -0.05) is 60.7 Å². The van der Waals surface area contributed by atoms with E-state index in [0.717, 1.165) is 33.0 Å². The van der Waals surface area contributed by atoms with Crippen molar-refractivity contribution in [3.05, 3.63) is 166 Å². The molecule has 0 aliphatic carbocycles. The van der Waals surface area contributed by atoms with Gasteiger partial charge in [0.15, 0.2) is 0 Å². The Balaban J connectivity index is 0.922. The molecule has 6 aromatic carbocycles. The minimum absolute atomic E-state index is 0.207. The lowest BCUT2D eigenvalue weighted by molar-refractivity contribution is 0.482. The van der Waals surface area contributed by atoms with Crippen molar-refractivity contribution in [3.63, 3.8) is 0 Å². The number of aromatic nitrogens is 4. The van der Waals surface area contributed by atoms with Gasteiger partial charge >= 0.3 is 0 Å². The quantitative estimate of drug-likeness (QED) is 0.183.